The Kier molecular flexibility index (Phi) is 4.26. The van der Waals surface area contributed by atoms with Gasteiger partial charge in [0.15, 0.2) is 0 Å². The van der Waals surface area contributed by atoms with E-state index in [1.165, 1.54) is 6.20 Å². The first-order chi connectivity index (χ1) is 6.75. The summed E-state index contributed by atoms with van der Waals surface area (Å²) >= 11 is 0. The van der Waals surface area contributed by atoms with Gasteiger partial charge in [0.05, 0.1) is 6.20 Å². The summed E-state index contributed by atoms with van der Waals surface area (Å²) in [7, 11) is 0. The van der Waals surface area contributed by atoms with Crippen LogP contribution in [0, 0.1) is 5.82 Å². The molecule has 3 heteroatoms. The lowest BCUT2D eigenvalue weighted by atomic mass is 10.0. The maximum atomic E-state index is 13.2. The third kappa shape index (κ3) is 2.92. The molecule has 0 spiro atoms. The molecule has 1 atom stereocenters. The van der Waals surface area contributed by atoms with Crippen LogP contribution in [0.25, 0.3) is 0 Å². The maximum Gasteiger partial charge on any atom is 0.146 e. The monoisotopic (exact) mass is 194 g/mol. The standard InChI is InChI=1S/C11H15FN2/c1-2-3-4-5-11(13)9-6-7-14-8-10(9)12/h2,6-8,11H,1,3-5,13H2. The molecule has 1 aromatic rings. The Morgan fingerprint density at radius 3 is 3.07 bits per heavy atom. The first-order valence-electron chi connectivity index (χ1n) is 4.71. The molecule has 0 aliphatic rings. The first kappa shape index (κ1) is 10.9. The molecule has 0 radical (unpaired) electrons. The van der Waals surface area contributed by atoms with Crippen molar-refractivity contribution in [2.75, 3.05) is 0 Å². The molecule has 14 heavy (non-hydrogen) atoms. The summed E-state index contributed by atoms with van der Waals surface area (Å²) in [5.41, 5.74) is 6.38. The van der Waals surface area contributed by atoms with Crippen molar-refractivity contribution >= 4 is 0 Å². The summed E-state index contributed by atoms with van der Waals surface area (Å²) < 4.78 is 13.2. The second kappa shape index (κ2) is 5.50. The quantitative estimate of drug-likeness (QED) is 0.578. The van der Waals surface area contributed by atoms with Gasteiger partial charge in [-0.2, -0.15) is 0 Å². The SMILES string of the molecule is C=CCCCC(N)c1ccncc1F. The smallest absolute Gasteiger partial charge is 0.146 e. The molecule has 0 bridgehead atoms. The molecule has 1 aromatic heterocycles. The summed E-state index contributed by atoms with van der Waals surface area (Å²) in [4.78, 5) is 3.68. The van der Waals surface area contributed by atoms with Gasteiger partial charge in [-0.3, -0.25) is 4.98 Å². The molecule has 0 aromatic carbocycles. The van der Waals surface area contributed by atoms with Crippen molar-refractivity contribution in [3.63, 3.8) is 0 Å². The minimum absolute atomic E-state index is 0.238. The lowest BCUT2D eigenvalue weighted by Gasteiger charge is -2.11. The van der Waals surface area contributed by atoms with Crippen molar-refractivity contribution < 1.29 is 4.39 Å². The Labute approximate surface area is 83.7 Å². The van der Waals surface area contributed by atoms with Crippen molar-refractivity contribution in [2.24, 2.45) is 5.73 Å². The van der Waals surface area contributed by atoms with Gasteiger partial charge in [0, 0.05) is 17.8 Å². The largest absolute Gasteiger partial charge is 0.324 e. The normalized spacial score (nSPS) is 12.4. The fourth-order valence-corrected chi connectivity index (χ4v) is 1.32. The number of hydrogen-bond donors (Lipinski definition) is 1. The third-order valence-electron chi connectivity index (χ3n) is 2.13. The average molecular weight is 194 g/mol. The van der Waals surface area contributed by atoms with Gasteiger partial charge in [-0.05, 0) is 25.3 Å². The van der Waals surface area contributed by atoms with Gasteiger partial charge in [0.25, 0.3) is 0 Å². The third-order valence-corrected chi connectivity index (χ3v) is 2.13. The highest BCUT2D eigenvalue weighted by atomic mass is 19.1. The predicted molar refractivity (Wildman–Crippen MR) is 55.2 cm³/mol. The van der Waals surface area contributed by atoms with Gasteiger partial charge in [-0.15, -0.1) is 6.58 Å². The van der Waals surface area contributed by atoms with Crippen molar-refractivity contribution in [3.05, 3.63) is 42.5 Å². The maximum absolute atomic E-state index is 13.2. The summed E-state index contributed by atoms with van der Waals surface area (Å²) in [5.74, 6) is -0.321. The lowest BCUT2D eigenvalue weighted by molar-refractivity contribution is 0.549. The zero-order chi connectivity index (χ0) is 10.4. The molecule has 0 saturated heterocycles. The molecule has 0 aliphatic carbocycles. The van der Waals surface area contributed by atoms with Crippen LogP contribution >= 0.6 is 0 Å². The van der Waals surface area contributed by atoms with Gasteiger partial charge in [-0.1, -0.05) is 6.08 Å². The highest BCUT2D eigenvalue weighted by Gasteiger charge is 2.09. The van der Waals surface area contributed by atoms with Crippen LogP contribution in [0.3, 0.4) is 0 Å². The van der Waals surface area contributed by atoms with E-state index in [1.807, 2.05) is 6.08 Å². The lowest BCUT2D eigenvalue weighted by Crippen LogP contribution is -2.12. The van der Waals surface area contributed by atoms with Crippen LogP contribution in [0.15, 0.2) is 31.1 Å². The van der Waals surface area contributed by atoms with Crippen LogP contribution in [-0.4, -0.2) is 4.98 Å². The van der Waals surface area contributed by atoms with E-state index in [2.05, 4.69) is 11.6 Å². The van der Waals surface area contributed by atoms with Crippen LogP contribution in [0.4, 0.5) is 4.39 Å². The second-order valence-electron chi connectivity index (χ2n) is 3.22. The molecule has 1 unspecified atom stereocenters. The van der Waals surface area contributed by atoms with Gasteiger partial charge in [0.1, 0.15) is 5.82 Å². The van der Waals surface area contributed by atoms with Gasteiger partial charge in [0.2, 0.25) is 0 Å². The number of halogens is 1. The number of allylic oxidation sites excluding steroid dienone is 1. The fraction of sp³-hybridized carbons (Fsp3) is 0.364. The zero-order valence-electron chi connectivity index (χ0n) is 8.12. The molecule has 1 heterocycles. The molecule has 1 rings (SSSR count). The molecule has 0 fully saturated rings. The van der Waals surface area contributed by atoms with Crippen LogP contribution in [-0.2, 0) is 0 Å². The van der Waals surface area contributed by atoms with E-state index in [4.69, 9.17) is 5.73 Å². The van der Waals surface area contributed by atoms with Crippen molar-refractivity contribution in [1.29, 1.82) is 0 Å². The molecule has 2 N–H and O–H groups in total. The molecular weight excluding hydrogens is 179 g/mol. The molecule has 2 nitrogen and oxygen atoms in total. The Morgan fingerprint density at radius 1 is 1.64 bits per heavy atom. The molecule has 76 valence electrons. The highest BCUT2D eigenvalue weighted by molar-refractivity contribution is 5.16. The summed E-state index contributed by atoms with van der Waals surface area (Å²) in [6.07, 6.45) is 7.23. The number of nitrogens with two attached hydrogens (primary N) is 1. The van der Waals surface area contributed by atoms with E-state index >= 15 is 0 Å². The number of unbranched alkanes of at least 4 members (excludes halogenated alkanes) is 1. The van der Waals surface area contributed by atoms with Crippen LogP contribution in [0.5, 0.6) is 0 Å². The Hall–Kier alpha value is -1.22. The molecule has 0 aliphatic heterocycles. The number of hydrogen-bond acceptors (Lipinski definition) is 2. The van der Waals surface area contributed by atoms with E-state index in [0.717, 1.165) is 19.3 Å². The number of rotatable bonds is 5. The van der Waals surface area contributed by atoms with Crippen LogP contribution in [0.1, 0.15) is 30.9 Å². The summed E-state index contributed by atoms with van der Waals surface area (Å²) in [5, 5.41) is 0. The van der Waals surface area contributed by atoms with Crippen molar-refractivity contribution in [1.82, 2.24) is 4.98 Å². The van der Waals surface area contributed by atoms with Crippen molar-refractivity contribution in [2.45, 2.75) is 25.3 Å². The second-order valence-corrected chi connectivity index (χ2v) is 3.22. The number of nitrogens with zero attached hydrogens (tertiary/aromatic N) is 1. The first-order valence-corrected chi connectivity index (χ1v) is 4.71. The molecular formula is C11H15FN2. The van der Waals surface area contributed by atoms with Crippen LogP contribution in [0.2, 0.25) is 0 Å². The fourth-order valence-electron chi connectivity index (χ4n) is 1.32. The van der Waals surface area contributed by atoms with E-state index < -0.39 is 0 Å². The summed E-state index contributed by atoms with van der Waals surface area (Å²) in [6, 6.07) is 1.39. The Balaban J connectivity index is 2.55. The number of pyridine rings is 1. The van der Waals surface area contributed by atoms with Gasteiger partial charge < -0.3 is 5.73 Å². The van der Waals surface area contributed by atoms with Crippen molar-refractivity contribution in [3.8, 4) is 0 Å². The number of aromatic nitrogens is 1. The van der Waals surface area contributed by atoms with E-state index in [-0.39, 0.29) is 11.9 Å². The highest BCUT2D eigenvalue weighted by Crippen LogP contribution is 2.18. The van der Waals surface area contributed by atoms with E-state index in [9.17, 15) is 4.39 Å². The molecule has 0 saturated carbocycles. The van der Waals surface area contributed by atoms with Crippen LogP contribution < -0.4 is 5.73 Å². The predicted octanol–water partition coefficient (Wildman–Crippen LogP) is 2.58. The topological polar surface area (TPSA) is 38.9 Å². The minimum atomic E-state index is -0.321. The summed E-state index contributed by atoms with van der Waals surface area (Å²) in [6.45, 7) is 3.62. The van der Waals surface area contributed by atoms with Gasteiger partial charge in [-0.25, -0.2) is 4.39 Å². The van der Waals surface area contributed by atoms with Gasteiger partial charge >= 0.3 is 0 Å². The van der Waals surface area contributed by atoms with E-state index in [0.29, 0.717) is 5.56 Å². The average Bonchev–Trinajstić information content (AvgIpc) is 2.18. The zero-order valence-corrected chi connectivity index (χ0v) is 8.12. The Morgan fingerprint density at radius 2 is 2.43 bits per heavy atom. The van der Waals surface area contributed by atoms with E-state index in [1.54, 1.807) is 12.3 Å². The molecule has 0 amide bonds. The Bertz CT molecular complexity index is 299. The minimum Gasteiger partial charge on any atom is -0.324 e.